The summed E-state index contributed by atoms with van der Waals surface area (Å²) in [6.45, 7) is 1.91. The molecule has 0 aliphatic rings. The van der Waals surface area contributed by atoms with Crippen LogP contribution < -0.4 is 14.9 Å². The van der Waals surface area contributed by atoms with E-state index in [1.54, 1.807) is 67.8 Å². The maximum Gasteiger partial charge on any atom is 0.343 e. The van der Waals surface area contributed by atoms with Crippen molar-refractivity contribution in [2.45, 2.75) is 6.92 Å². The van der Waals surface area contributed by atoms with Gasteiger partial charge in [0, 0.05) is 11.1 Å². The van der Waals surface area contributed by atoms with Gasteiger partial charge in [-0.1, -0.05) is 29.8 Å². The number of nitrogens with zero attached hydrogens (tertiary/aromatic N) is 1. The van der Waals surface area contributed by atoms with Crippen molar-refractivity contribution in [2.24, 2.45) is 5.10 Å². The molecular weight excluding hydrogens is 368 g/mol. The summed E-state index contributed by atoms with van der Waals surface area (Å²) in [6, 6.07) is 20.8. The molecule has 6 nitrogen and oxygen atoms in total. The van der Waals surface area contributed by atoms with Crippen LogP contribution in [-0.4, -0.2) is 25.2 Å². The Balaban J connectivity index is 1.68. The lowest BCUT2D eigenvalue weighted by Crippen LogP contribution is -2.17. The van der Waals surface area contributed by atoms with Gasteiger partial charge in [0.05, 0.1) is 18.9 Å². The van der Waals surface area contributed by atoms with Crippen molar-refractivity contribution >= 4 is 18.1 Å². The Hall–Kier alpha value is -3.93. The highest BCUT2D eigenvalue weighted by Gasteiger charge is 2.11. The van der Waals surface area contributed by atoms with Crippen LogP contribution in [0.25, 0.3) is 0 Å². The molecule has 0 unspecified atom stereocenters. The first-order valence-corrected chi connectivity index (χ1v) is 8.92. The molecule has 1 amide bonds. The summed E-state index contributed by atoms with van der Waals surface area (Å²) in [6.07, 6.45) is 1.43. The topological polar surface area (TPSA) is 77.0 Å². The van der Waals surface area contributed by atoms with Crippen molar-refractivity contribution in [1.82, 2.24) is 5.43 Å². The zero-order chi connectivity index (χ0) is 20.6. The molecule has 0 aliphatic heterocycles. The molecule has 0 bridgehead atoms. The van der Waals surface area contributed by atoms with Crippen LogP contribution in [0.3, 0.4) is 0 Å². The number of benzene rings is 3. The van der Waals surface area contributed by atoms with Crippen molar-refractivity contribution in [3.8, 4) is 11.5 Å². The van der Waals surface area contributed by atoms with Crippen LogP contribution in [0.5, 0.6) is 11.5 Å². The van der Waals surface area contributed by atoms with Crippen molar-refractivity contribution < 1.29 is 19.1 Å². The maximum atomic E-state index is 12.4. The maximum absolute atomic E-state index is 12.4. The minimum absolute atomic E-state index is 0.322. The first-order chi connectivity index (χ1) is 14.1. The zero-order valence-corrected chi connectivity index (χ0v) is 16.1. The molecule has 29 heavy (non-hydrogen) atoms. The van der Waals surface area contributed by atoms with Gasteiger partial charge in [-0.3, -0.25) is 4.79 Å². The average Bonchev–Trinajstić information content (AvgIpc) is 2.75. The van der Waals surface area contributed by atoms with Crippen LogP contribution in [0, 0.1) is 6.92 Å². The zero-order valence-electron chi connectivity index (χ0n) is 16.1. The molecule has 0 fully saturated rings. The SMILES string of the molecule is COc1ccc(C(=O)Oc2ccccc2C=NNC(=O)c2cccc(C)c2)cc1. The standard InChI is InChI=1S/C23H20N2O4/c1-16-6-5-8-18(14-16)22(26)25-24-15-19-7-3-4-9-21(19)29-23(27)17-10-12-20(28-2)13-11-17/h3-15H,1-2H3,(H,25,26). The minimum Gasteiger partial charge on any atom is -0.497 e. The first kappa shape index (κ1) is 19.8. The molecular formula is C23H20N2O4. The lowest BCUT2D eigenvalue weighted by Gasteiger charge is -2.08. The third-order valence-electron chi connectivity index (χ3n) is 4.10. The number of carbonyl (C=O) groups excluding carboxylic acids is 2. The number of methoxy groups -OCH3 is 1. The van der Waals surface area contributed by atoms with E-state index in [0.29, 0.717) is 28.2 Å². The molecule has 0 radical (unpaired) electrons. The second kappa shape index (κ2) is 9.32. The van der Waals surface area contributed by atoms with Gasteiger partial charge in [0.15, 0.2) is 0 Å². The van der Waals surface area contributed by atoms with Crippen molar-refractivity contribution in [3.05, 3.63) is 95.1 Å². The van der Waals surface area contributed by atoms with Crippen LogP contribution in [0.4, 0.5) is 0 Å². The van der Waals surface area contributed by atoms with Gasteiger partial charge in [-0.05, 0) is 55.5 Å². The van der Waals surface area contributed by atoms with Crippen LogP contribution in [0.15, 0.2) is 77.9 Å². The Bertz CT molecular complexity index is 1040. The molecule has 0 atom stereocenters. The third kappa shape index (κ3) is 5.29. The van der Waals surface area contributed by atoms with Gasteiger partial charge in [0.2, 0.25) is 0 Å². The fourth-order valence-electron chi connectivity index (χ4n) is 2.58. The smallest absolute Gasteiger partial charge is 0.343 e. The summed E-state index contributed by atoms with van der Waals surface area (Å²) in [5.41, 5.74) is 4.92. The number of rotatable bonds is 6. The van der Waals surface area contributed by atoms with Gasteiger partial charge in [-0.2, -0.15) is 5.10 Å². The first-order valence-electron chi connectivity index (χ1n) is 8.92. The summed E-state index contributed by atoms with van der Waals surface area (Å²) in [7, 11) is 1.56. The molecule has 3 aromatic rings. The Kier molecular flexibility index (Phi) is 6.37. The number of amides is 1. The van der Waals surface area contributed by atoms with Crippen molar-refractivity contribution in [2.75, 3.05) is 7.11 Å². The molecule has 0 saturated heterocycles. The summed E-state index contributed by atoms with van der Waals surface area (Å²) < 4.78 is 10.6. The van der Waals surface area contributed by atoms with Crippen LogP contribution in [0.2, 0.25) is 0 Å². The number of aryl methyl sites for hydroxylation is 1. The van der Waals surface area contributed by atoms with E-state index >= 15 is 0 Å². The van der Waals surface area contributed by atoms with E-state index in [-0.39, 0.29) is 5.91 Å². The van der Waals surface area contributed by atoms with Crippen molar-refractivity contribution in [1.29, 1.82) is 0 Å². The second-order valence-corrected chi connectivity index (χ2v) is 6.22. The highest BCUT2D eigenvalue weighted by Crippen LogP contribution is 2.19. The normalized spacial score (nSPS) is 10.6. The van der Waals surface area contributed by atoms with E-state index in [1.807, 2.05) is 19.1 Å². The Labute approximate surface area is 168 Å². The Morgan fingerprint density at radius 1 is 0.931 bits per heavy atom. The molecule has 3 aromatic carbocycles. The summed E-state index contributed by atoms with van der Waals surface area (Å²) >= 11 is 0. The largest absolute Gasteiger partial charge is 0.497 e. The summed E-state index contributed by atoms with van der Waals surface area (Å²) in [5, 5.41) is 3.98. The number of hydrazone groups is 1. The van der Waals surface area contributed by atoms with E-state index in [1.165, 1.54) is 6.21 Å². The number of hydrogen-bond acceptors (Lipinski definition) is 5. The van der Waals surface area contributed by atoms with Crippen LogP contribution >= 0.6 is 0 Å². The summed E-state index contributed by atoms with van der Waals surface area (Å²) in [5.74, 6) is 0.162. The molecule has 0 spiro atoms. The fourth-order valence-corrected chi connectivity index (χ4v) is 2.58. The number of carbonyl (C=O) groups is 2. The van der Waals surface area contributed by atoms with E-state index in [2.05, 4.69) is 10.5 Å². The van der Waals surface area contributed by atoms with E-state index in [0.717, 1.165) is 5.56 Å². The van der Waals surface area contributed by atoms with Gasteiger partial charge >= 0.3 is 5.97 Å². The number of hydrogen-bond donors (Lipinski definition) is 1. The van der Waals surface area contributed by atoms with Gasteiger partial charge in [-0.25, -0.2) is 10.2 Å². The third-order valence-corrected chi connectivity index (χ3v) is 4.10. The predicted octanol–water partition coefficient (Wildman–Crippen LogP) is 3.99. The molecule has 3 rings (SSSR count). The minimum atomic E-state index is -0.503. The lowest BCUT2D eigenvalue weighted by atomic mass is 10.1. The van der Waals surface area contributed by atoms with Crippen molar-refractivity contribution in [3.63, 3.8) is 0 Å². The Morgan fingerprint density at radius 2 is 1.69 bits per heavy atom. The highest BCUT2D eigenvalue weighted by atomic mass is 16.5. The predicted molar refractivity (Wildman–Crippen MR) is 111 cm³/mol. The molecule has 0 saturated carbocycles. The molecule has 6 heteroatoms. The molecule has 0 heterocycles. The van der Waals surface area contributed by atoms with Gasteiger partial charge < -0.3 is 9.47 Å². The van der Waals surface area contributed by atoms with E-state index in [4.69, 9.17) is 9.47 Å². The number of para-hydroxylation sites is 1. The lowest BCUT2D eigenvalue weighted by molar-refractivity contribution is 0.0734. The van der Waals surface area contributed by atoms with E-state index in [9.17, 15) is 9.59 Å². The number of nitrogens with one attached hydrogen (secondary N) is 1. The average molecular weight is 388 g/mol. The molecule has 0 aliphatic carbocycles. The quantitative estimate of drug-likeness (QED) is 0.300. The molecule has 146 valence electrons. The second-order valence-electron chi connectivity index (χ2n) is 6.22. The highest BCUT2D eigenvalue weighted by molar-refractivity contribution is 5.96. The van der Waals surface area contributed by atoms with Crippen LogP contribution in [-0.2, 0) is 0 Å². The van der Waals surface area contributed by atoms with Gasteiger partial charge in [0.25, 0.3) is 5.91 Å². The van der Waals surface area contributed by atoms with E-state index < -0.39 is 5.97 Å². The number of ether oxygens (including phenoxy) is 2. The molecule has 0 aromatic heterocycles. The Morgan fingerprint density at radius 3 is 2.41 bits per heavy atom. The molecule has 1 N–H and O–H groups in total. The van der Waals surface area contributed by atoms with Gasteiger partial charge in [0.1, 0.15) is 11.5 Å². The number of esters is 1. The summed E-state index contributed by atoms with van der Waals surface area (Å²) in [4.78, 5) is 24.6. The monoisotopic (exact) mass is 388 g/mol. The van der Waals surface area contributed by atoms with Crippen LogP contribution in [0.1, 0.15) is 31.8 Å². The fraction of sp³-hybridized carbons (Fsp3) is 0.0870. The van der Waals surface area contributed by atoms with Gasteiger partial charge in [-0.15, -0.1) is 0 Å².